The molecular weight excluding hydrogens is 168 g/mol. The zero-order valence-corrected chi connectivity index (χ0v) is 9.08. The number of unbranched alkanes of at least 4 members (excludes halogenated alkanes) is 3. The molecule has 0 saturated heterocycles. The van der Waals surface area contributed by atoms with Crippen LogP contribution in [0.5, 0.6) is 0 Å². The van der Waals surface area contributed by atoms with E-state index in [2.05, 4.69) is 49.4 Å². The molecule has 0 heteroatoms. The van der Waals surface area contributed by atoms with Crippen LogP contribution in [-0.2, 0) is 6.42 Å². The fourth-order valence-electron chi connectivity index (χ4n) is 1.58. The van der Waals surface area contributed by atoms with E-state index < -0.39 is 0 Å². The van der Waals surface area contributed by atoms with Gasteiger partial charge in [-0.2, -0.15) is 0 Å². The van der Waals surface area contributed by atoms with Gasteiger partial charge in [0.1, 0.15) is 0 Å². The van der Waals surface area contributed by atoms with Crippen LogP contribution in [0.25, 0.3) is 0 Å². The first-order chi connectivity index (χ1) is 6.93. The molecule has 0 heterocycles. The molecule has 0 N–H and O–H groups in total. The molecule has 0 aromatic heterocycles. The first-order valence-electron chi connectivity index (χ1n) is 5.58. The maximum Gasteiger partial charge on any atom is -0.0279 e. The Balaban J connectivity index is 2.05. The smallest absolute Gasteiger partial charge is 0.0279 e. The summed E-state index contributed by atoms with van der Waals surface area (Å²) in [6.45, 7) is 2.09. The standard InChI is InChI=1S/C14H20/c1-2-3-4-5-6-8-11-14-12-9-7-10-13-14/h2-3,7,9-10,12-13H,4-6,8,11H2,1H3. The summed E-state index contributed by atoms with van der Waals surface area (Å²) in [6, 6.07) is 10.7. The molecule has 0 aliphatic rings. The van der Waals surface area contributed by atoms with Gasteiger partial charge >= 0.3 is 0 Å². The Morgan fingerprint density at radius 2 is 1.79 bits per heavy atom. The molecule has 0 unspecified atom stereocenters. The van der Waals surface area contributed by atoms with Crippen molar-refractivity contribution in [1.29, 1.82) is 0 Å². The van der Waals surface area contributed by atoms with Gasteiger partial charge in [0.25, 0.3) is 0 Å². The molecule has 0 bridgehead atoms. The molecule has 0 saturated carbocycles. The van der Waals surface area contributed by atoms with Crippen molar-refractivity contribution in [3.63, 3.8) is 0 Å². The van der Waals surface area contributed by atoms with Gasteiger partial charge in [0, 0.05) is 0 Å². The lowest BCUT2D eigenvalue weighted by molar-refractivity contribution is 0.687. The minimum Gasteiger partial charge on any atom is -0.0917 e. The van der Waals surface area contributed by atoms with Gasteiger partial charge in [0.2, 0.25) is 0 Å². The minimum absolute atomic E-state index is 1.23. The molecule has 1 aromatic rings. The van der Waals surface area contributed by atoms with Crippen molar-refractivity contribution >= 4 is 0 Å². The molecule has 0 atom stereocenters. The van der Waals surface area contributed by atoms with E-state index >= 15 is 0 Å². The average Bonchev–Trinajstić information content (AvgIpc) is 2.25. The molecule has 0 nitrogen and oxygen atoms in total. The highest BCUT2D eigenvalue weighted by Crippen LogP contribution is 2.07. The van der Waals surface area contributed by atoms with Crippen molar-refractivity contribution in [3.8, 4) is 0 Å². The second-order valence-corrected chi connectivity index (χ2v) is 3.65. The third-order valence-corrected chi connectivity index (χ3v) is 2.41. The minimum atomic E-state index is 1.23. The maximum atomic E-state index is 2.25. The molecule has 0 radical (unpaired) electrons. The third-order valence-electron chi connectivity index (χ3n) is 2.41. The molecule has 0 aliphatic heterocycles. The topological polar surface area (TPSA) is 0 Å². The molecule has 0 fully saturated rings. The molecule has 0 spiro atoms. The second kappa shape index (κ2) is 7.37. The van der Waals surface area contributed by atoms with Gasteiger partial charge < -0.3 is 0 Å². The third kappa shape index (κ3) is 4.86. The predicted molar refractivity (Wildman–Crippen MR) is 63.4 cm³/mol. The van der Waals surface area contributed by atoms with Crippen LogP contribution in [0, 0.1) is 0 Å². The van der Waals surface area contributed by atoms with E-state index in [0.717, 1.165) is 0 Å². The Morgan fingerprint density at radius 1 is 1.00 bits per heavy atom. The van der Waals surface area contributed by atoms with Crippen LogP contribution in [0.4, 0.5) is 0 Å². The lowest BCUT2D eigenvalue weighted by Gasteiger charge is -1.99. The molecule has 76 valence electrons. The van der Waals surface area contributed by atoms with Crippen LogP contribution in [-0.4, -0.2) is 0 Å². The van der Waals surface area contributed by atoms with E-state index in [1.807, 2.05) is 0 Å². The van der Waals surface area contributed by atoms with Crippen molar-refractivity contribution in [2.24, 2.45) is 0 Å². The van der Waals surface area contributed by atoms with Crippen molar-refractivity contribution in [2.45, 2.75) is 39.0 Å². The molecule has 0 amide bonds. The Kier molecular flexibility index (Phi) is 5.81. The summed E-state index contributed by atoms with van der Waals surface area (Å²) in [5.41, 5.74) is 1.47. The Labute approximate surface area is 87.7 Å². The van der Waals surface area contributed by atoms with Crippen molar-refractivity contribution in [3.05, 3.63) is 48.0 Å². The van der Waals surface area contributed by atoms with Crippen molar-refractivity contribution < 1.29 is 0 Å². The quantitative estimate of drug-likeness (QED) is 0.459. The van der Waals surface area contributed by atoms with Crippen molar-refractivity contribution in [2.75, 3.05) is 0 Å². The number of hydrogen-bond acceptors (Lipinski definition) is 0. The molecule has 0 aliphatic carbocycles. The molecule has 1 rings (SSSR count). The number of benzene rings is 1. The Morgan fingerprint density at radius 3 is 2.50 bits per heavy atom. The van der Waals surface area contributed by atoms with Crippen LogP contribution in [0.15, 0.2) is 42.5 Å². The van der Waals surface area contributed by atoms with E-state index in [9.17, 15) is 0 Å². The number of allylic oxidation sites excluding steroid dienone is 2. The zero-order chi connectivity index (χ0) is 10.1. The summed E-state index contributed by atoms with van der Waals surface area (Å²) < 4.78 is 0. The van der Waals surface area contributed by atoms with E-state index in [-0.39, 0.29) is 0 Å². The normalized spacial score (nSPS) is 10.9. The number of aryl methyl sites for hydroxylation is 1. The van der Waals surface area contributed by atoms with Crippen LogP contribution in [0.1, 0.15) is 38.2 Å². The Hall–Kier alpha value is -1.04. The number of hydrogen-bond donors (Lipinski definition) is 0. The van der Waals surface area contributed by atoms with E-state index in [4.69, 9.17) is 0 Å². The second-order valence-electron chi connectivity index (χ2n) is 3.65. The lowest BCUT2D eigenvalue weighted by Crippen LogP contribution is -1.84. The fraction of sp³-hybridized carbons (Fsp3) is 0.429. The van der Waals surface area contributed by atoms with E-state index in [0.29, 0.717) is 0 Å². The molecular formula is C14H20. The van der Waals surface area contributed by atoms with Crippen molar-refractivity contribution in [1.82, 2.24) is 0 Å². The highest BCUT2D eigenvalue weighted by molar-refractivity contribution is 5.14. The summed E-state index contributed by atoms with van der Waals surface area (Å²) in [6.07, 6.45) is 10.9. The highest BCUT2D eigenvalue weighted by Gasteiger charge is 1.91. The van der Waals surface area contributed by atoms with Crippen LogP contribution < -0.4 is 0 Å². The largest absolute Gasteiger partial charge is 0.0917 e. The summed E-state index contributed by atoms with van der Waals surface area (Å²) in [4.78, 5) is 0. The van der Waals surface area contributed by atoms with Gasteiger partial charge in [-0.05, 0) is 38.2 Å². The zero-order valence-electron chi connectivity index (χ0n) is 9.08. The Bertz CT molecular complexity index is 246. The molecule has 14 heavy (non-hydrogen) atoms. The summed E-state index contributed by atoms with van der Waals surface area (Å²) in [5, 5.41) is 0. The monoisotopic (exact) mass is 188 g/mol. The molecule has 1 aromatic carbocycles. The van der Waals surface area contributed by atoms with Gasteiger partial charge in [-0.1, -0.05) is 48.9 Å². The maximum absolute atomic E-state index is 2.25. The van der Waals surface area contributed by atoms with E-state index in [1.165, 1.54) is 37.7 Å². The predicted octanol–water partition coefficient (Wildman–Crippen LogP) is 4.37. The van der Waals surface area contributed by atoms with Gasteiger partial charge in [0.15, 0.2) is 0 Å². The highest BCUT2D eigenvalue weighted by atomic mass is 14.0. The fourth-order valence-corrected chi connectivity index (χ4v) is 1.58. The van der Waals surface area contributed by atoms with Crippen LogP contribution >= 0.6 is 0 Å². The van der Waals surface area contributed by atoms with Crippen LogP contribution in [0.3, 0.4) is 0 Å². The summed E-state index contributed by atoms with van der Waals surface area (Å²) in [7, 11) is 0. The van der Waals surface area contributed by atoms with Gasteiger partial charge in [0.05, 0.1) is 0 Å². The van der Waals surface area contributed by atoms with E-state index in [1.54, 1.807) is 0 Å². The first kappa shape index (κ1) is 11.0. The van der Waals surface area contributed by atoms with Crippen LogP contribution in [0.2, 0.25) is 0 Å². The van der Waals surface area contributed by atoms with Gasteiger partial charge in [-0.15, -0.1) is 0 Å². The van der Waals surface area contributed by atoms with Gasteiger partial charge in [-0.3, -0.25) is 0 Å². The number of rotatable bonds is 6. The average molecular weight is 188 g/mol. The van der Waals surface area contributed by atoms with Gasteiger partial charge in [-0.25, -0.2) is 0 Å². The summed E-state index contributed by atoms with van der Waals surface area (Å²) in [5.74, 6) is 0. The first-order valence-corrected chi connectivity index (χ1v) is 5.58. The summed E-state index contributed by atoms with van der Waals surface area (Å²) >= 11 is 0. The SMILES string of the molecule is CC=CCCCCCc1ccccc1. The lowest BCUT2D eigenvalue weighted by atomic mass is 10.1.